The van der Waals surface area contributed by atoms with Crippen molar-refractivity contribution in [2.75, 3.05) is 6.54 Å². The topological polar surface area (TPSA) is 55.1 Å². The summed E-state index contributed by atoms with van der Waals surface area (Å²) in [6.07, 6.45) is 6.44. The van der Waals surface area contributed by atoms with Gasteiger partial charge in [-0.2, -0.15) is 0 Å². The third kappa shape index (κ3) is 5.50. The molecule has 0 saturated heterocycles. The van der Waals surface area contributed by atoms with E-state index in [1.165, 1.54) is 12.8 Å². The number of rotatable bonds is 5. The van der Waals surface area contributed by atoms with Gasteiger partial charge in [0.15, 0.2) is 0 Å². The van der Waals surface area contributed by atoms with Crippen molar-refractivity contribution < 1.29 is 4.79 Å². The van der Waals surface area contributed by atoms with Crippen molar-refractivity contribution in [3.05, 3.63) is 0 Å². The monoisotopic (exact) mass is 226 g/mol. The molecule has 1 aliphatic rings. The number of nitrogens with one attached hydrogen (secondary N) is 1. The van der Waals surface area contributed by atoms with Crippen molar-refractivity contribution in [2.24, 2.45) is 17.6 Å². The van der Waals surface area contributed by atoms with E-state index in [1.807, 2.05) is 0 Å². The van der Waals surface area contributed by atoms with Crippen molar-refractivity contribution in [3.63, 3.8) is 0 Å². The zero-order chi connectivity index (χ0) is 12.0. The molecule has 0 spiro atoms. The van der Waals surface area contributed by atoms with Crippen LogP contribution in [0.2, 0.25) is 0 Å². The van der Waals surface area contributed by atoms with Crippen LogP contribution in [0.4, 0.5) is 0 Å². The number of hydrogen-bond donors (Lipinski definition) is 2. The fourth-order valence-electron chi connectivity index (χ4n) is 2.34. The molecular formula is C13H26N2O. The molecule has 16 heavy (non-hydrogen) atoms. The summed E-state index contributed by atoms with van der Waals surface area (Å²) >= 11 is 0. The van der Waals surface area contributed by atoms with Gasteiger partial charge in [0.05, 0.1) is 0 Å². The van der Waals surface area contributed by atoms with Gasteiger partial charge in [0.2, 0.25) is 5.91 Å². The van der Waals surface area contributed by atoms with Crippen molar-refractivity contribution >= 4 is 5.91 Å². The standard InChI is InChI=1S/C13H26N2O/c1-10(2)9-15-13(16)7-6-11-4-3-5-12(14)8-11/h10-12H,3-9,14H2,1-2H3,(H,15,16). The molecule has 0 radical (unpaired) electrons. The Bertz CT molecular complexity index is 216. The Kier molecular flexibility index (Phi) is 5.81. The highest BCUT2D eigenvalue weighted by molar-refractivity contribution is 5.75. The highest BCUT2D eigenvalue weighted by atomic mass is 16.1. The van der Waals surface area contributed by atoms with Gasteiger partial charge in [-0.3, -0.25) is 4.79 Å². The van der Waals surface area contributed by atoms with E-state index in [4.69, 9.17) is 5.73 Å². The van der Waals surface area contributed by atoms with E-state index in [-0.39, 0.29) is 5.91 Å². The summed E-state index contributed by atoms with van der Waals surface area (Å²) in [5.74, 6) is 1.41. The fourth-order valence-corrected chi connectivity index (χ4v) is 2.34. The predicted molar refractivity (Wildman–Crippen MR) is 67.0 cm³/mol. The van der Waals surface area contributed by atoms with Gasteiger partial charge in [0.1, 0.15) is 0 Å². The quantitative estimate of drug-likeness (QED) is 0.754. The first-order chi connectivity index (χ1) is 7.58. The summed E-state index contributed by atoms with van der Waals surface area (Å²) in [6, 6.07) is 0.373. The first kappa shape index (κ1) is 13.5. The molecule has 1 fully saturated rings. The number of carbonyl (C=O) groups is 1. The molecule has 1 aliphatic carbocycles. The number of amides is 1. The zero-order valence-electron chi connectivity index (χ0n) is 10.7. The Balaban J connectivity index is 2.11. The van der Waals surface area contributed by atoms with E-state index < -0.39 is 0 Å². The maximum atomic E-state index is 11.5. The van der Waals surface area contributed by atoms with Crippen LogP contribution in [0.25, 0.3) is 0 Å². The summed E-state index contributed by atoms with van der Waals surface area (Å²) < 4.78 is 0. The van der Waals surface area contributed by atoms with Gasteiger partial charge in [0.25, 0.3) is 0 Å². The van der Waals surface area contributed by atoms with E-state index in [9.17, 15) is 4.79 Å². The Morgan fingerprint density at radius 2 is 2.19 bits per heavy atom. The second kappa shape index (κ2) is 6.89. The Labute approximate surface area is 99.2 Å². The highest BCUT2D eigenvalue weighted by Crippen LogP contribution is 2.26. The molecule has 0 aromatic heterocycles. The number of carbonyl (C=O) groups excluding carboxylic acids is 1. The second-order valence-corrected chi connectivity index (χ2v) is 5.53. The van der Waals surface area contributed by atoms with Gasteiger partial charge in [0, 0.05) is 19.0 Å². The minimum Gasteiger partial charge on any atom is -0.356 e. The van der Waals surface area contributed by atoms with Crippen LogP contribution in [0, 0.1) is 11.8 Å². The molecule has 0 aromatic rings. The van der Waals surface area contributed by atoms with E-state index in [2.05, 4.69) is 19.2 Å². The van der Waals surface area contributed by atoms with Crippen LogP contribution in [0.15, 0.2) is 0 Å². The van der Waals surface area contributed by atoms with E-state index in [0.29, 0.717) is 24.3 Å². The molecule has 2 atom stereocenters. The van der Waals surface area contributed by atoms with Gasteiger partial charge >= 0.3 is 0 Å². The Morgan fingerprint density at radius 1 is 1.44 bits per heavy atom. The maximum Gasteiger partial charge on any atom is 0.220 e. The van der Waals surface area contributed by atoms with Crippen LogP contribution < -0.4 is 11.1 Å². The first-order valence-corrected chi connectivity index (χ1v) is 6.60. The highest BCUT2D eigenvalue weighted by Gasteiger charge is 2.19. The van der Waals surface area contributed by atoms with Crippen LogP contribution in [-0.2, 0) is 4.79 Å². The van der Waals surface area contributed by atoms with Gasteiger partial charge in [-0.05, 0) is 31.1 Å². The molecule has 0 bridgehead atoms. The zero-order valence-corrected chi connectivity index (χ0v) is 10.7. The van der Waals surface area contributed by atoms with Crippen LogP contribution in [0.5, 0.6) is 0 Å². The lowest BCUT2D eigenvalue weighted by molar-refractivity contribution is -0.121. The lowest BCUT2D eigenvalue weighted by Gasteiger charge is -2.26. The van der Waals surface area contributed by atoms with Crippen LogP contribution in [-0.4, -0.2) is 18.5 Å². The minimum absolute atomic E-state index is 0.202. The van der Waals surface area contributed by atoms with E-state index >= 15 is 0 Å². The molecular weight excluding hydrogens is 200 g/mol. The normalized spacial score (nSPS) is 25.8. The Hall–Kier alpha value is -0.570. The molecule has 3 nitrogen and oxygen atoms in total. The number of nitrogens with two attached hydrogens (primary N) is 1. The van der Waals surface area contributed by atoms with Crippen molar-refractivity contribution in [1.82, 2.24) is 5.32 Å². The van der Waals surface area contributed by atoms with Crippen LogP contribution in [0.3, 0.4) is 0 Å². The average Bonchev–Trinajstić information content (AvgIpc) is 2.23. The predicted octanol–water partition coefficient (Wildman–Crippen LogP) is 2.06. The molecule has 0 heterocycles. The average molecular weight is 226 g/mol. The van der Waals surface area contributed by atoms with Gasteiger partial charge < -0.3 is 11.1 Å². The first-order valence-electron chi connectivity index (χ1n) is 6.60. The molecule has 94 valence electrons. The SMILES string of the molecule is CC(C)CNC(=O)CCC1CCCC(N)C1. The summed E-state index contributed by atoms with van der Waals surface area (Å²) in [5.41, 5.74) is 5.93. The molecule has 2 unspecified atom stereocenters. The molecule has 0 aromatic carbocycles. The lowest BCUT2D eigenvalue weighted by Crippen LogP contribution is -2.30. The summed E-state index contributed by atoms with van der Waals surface area (Å²) in [4.78, 5) is 11.5. The van der Waals surface area contributed by atoms with Crippen molar-refractivity contribution in [1.29, 1.82) is 0 Å². The fraction of sp³-hybridized carbons (Fsp3) is 0.923. The molecule has 3 N–H and O–H groups in total. The molecule has 3 heteroatoms. The van der Waals surface area contributed by atoms with Crippen LogP contribution >= 0.6 is 0 Å². The van der Waals surface area contributed by atoms with Gasteiger partial charge in [-0.1, -0.05) is 26.7 Å². The van der Waals surface area contributed by atoms with E-state index in [0.717, 1.165) is 25.8 Å². The van der Waals surface area contributed by atoms with Gasteiger partial charge in [-0.25, -0.2) is 0 Å². The summed E-state index contributed by atoms with van der Waals surface area (Å²) in [5, 5.41) is 2.96. The molecule has 1 amide bonds. The summed E-state index contributed by atoms with van der Waals surface area (Å²) in [6.45, 7) is 5.02. The largest absolute Gasteiger partial charge is 0.356 e. The van der Waals surface area contributed by atoms with Gasteiger partial charge in [-0.15, -0.1) is 0 Å². The van der Waals surface area contributed by atoms with Crippen molar-refractivity contribution in [3.8, 4) is 0 Å². The number of hydrogen-bond acceptors (Lipinski definition) is 2. The molecule has 1 rings (SSSR count). The Morgan fingerprint density at radius 3 is 2.81 bits per heavy atom. The van der Waals surface area contributed by atoms with E-state index in [1.54, 1.807) is 0 Å². The van der Waals surface area contributed by atoms with Crippen LogP contribution in [0.1, 0.15) is 52.4 Å². The summed E-state index contributed by atoms with van der Waals surface area (Å²) in [7, 11) is 0. The smallest absolute Gasteiger partial charge is 0.220 e. The van der Waals surface area contributed by atoms with Crippen molar-refractivity contribution in [2.45, 2.75) is 58.4 Å². The molecule has 0 aliphatic heterocycles. The second-order valence-electron chi connectivity index (χ2n) is 5.53. The third-order valence-corrected chi connectivity index (χ3v) is 3.31. The maximum absolute atomic E-state index is 11.5. The molecule has 1 saturated carbocycles. The minimum atomic E-state index is 0.202. The lowest BCUT2D eigenvalue weighted by atomic mass is 9.83. The third-order valence-electron chi connectivity index (χ3n) is 3.31.